The van der Waals surface area contributed by atoms with Gasteiger partial charge in [0.1, 0.15) is 0 Å². The molecule has 0 aromatic carbocycles. The van der Waals surface area contributed by atoms with Crippen LogP contribution in [0.2, 0.25) is 0 Å². The molecule has 0 rings (SSSR count). The highest BCUT2D eigenvalue weighted by Crippen LogP contribution is 2.12. The summed E-state index contributed by atoms with van der Waals surface area (Å²) in [5.74, 6) is 0. The van der Waals surface area contributed by atoms with Gasteiger partial charge in [-0.3, -0.25) is 14.5 Å². The smallest absolute Gasteiger partial charge is 0.0761 e. The zero-order chi connectivity index (χ0) is 15.6. The van der Waals surface area contributed by atoms with E-state index in [0.29, 0.717) is 6.61 Å². The van der Waals surface area contributed by atoms with Crippen LogP contribution in [0.1, 0.15) is 90.4 Å². The lowest BCUT2D eigenvalue weighted by molar-refractivity contribution is -0.510. The van der Waals surface area contributed by atoms with E-state index in [-0.39, 0.29) is 0 Å². The summed E-state index contributed by atoms with van der Waals surface area (Å²) in [5.41, 5.74) is 0. The SMILES string of the molecule is CCCCCCCCCCCCCCCON(OC)OC. The van der Waals surface area contributed by atoms with Gasteiger partial charge in [-0.1, -0.05) is 84.0 Å². The van der Waals surface area contributed by atoms with Gasteiger partial charge >= 0.3 is 0 Å². The van der Waals surface area contributed by atoms with E-state index < -0.39 is 0 Å². The van der Waals surface area contributed by atoms with Crippen LogP contribution in [0.5, 0.6) is 0 Å². The van der Waals surface area contributed by atoms with E-state index in [9.17, 15) is 0 Å². The summed E-state index contributed by atoms with van der Waals surface area (Å²) >= 11 is 0. The van der Waals surface area contributed by atoms with Crippen molar-refractivity contribution in [1.29, 1.82) is 0 Å². The maximum Gasteiger partial charge on any atom is 0.0761 e. The van der Waals surface area contributed by atoms with E-state index in [1.807, 2.05) is 0 Å². The summed E-state index contributed by atoms with van der Waals surface area (Å²) in [7, 11) is 3.04. The van der Waals surface area contributed by atoms with Gasteiger partial charge in [0.25, 0.3) is 0 Å². The topological polar surface area (TPSA) is 30.9 Å². The van der Waals surface area contributed by atoms with Crippen LogP contribution in [-0.2, 0) is 14.5 Å². The zero-order valence-electron chi connectivity index (χ0n) is 14.6. The highest BCUT2D eigenvalue weighted by Gasteiger charge is 2.00. The Bertz CT molecular complexity index is 187. The molecule has 0 aliphatic heterocycles. The molecular formula is C17H37NO3. The fourth-order valence-corrected chi connectivity index (χ4v) is 2.44. The van der Waals surface area contributed by atoms with Crippen LogP contribution < -0.4 is 0 Å². The molecule has 0 saturated heterocycles. The Morgan fingerprint density at radius 1 is 0.571 bits per heavy atom. The Kier molecular flexibility index (Phi) is 17.8. The molecule has 0 aliphatic carbocycles. The Hall–Kier alpha value is -0.160. The van der Waals surface area contributed by atoms with Crippen molar-refractivity contribution in [3.63, 3.8) is 0 Å². The molecule has 0 aliphatic rings. The van der Waals surface area contributed by atoms with E-state index in [4.69, 9.17) is 14.5 Å². The van der Waals surface area contributed by atoms with Crippen LogP contribution in [0.4, 0.5) is 0 Å². The standard InChI is InChI=1S/C17H37NO3/c1-4-5-6-7-8-9-10-11-12-13-14-15-16-17-21-18(19-2)20-3/h4-17H2,1-3H3. The van der Waals surface area contributed by atoms with Crippen LogP contribution in [0.25, 0.3) is 0 Å². The van der Waals surface area contributed by atoms with Crippen LogP contribution in [0.15, 0.2) is 0 Å². The highest BCUT2D eigenvalue weighted by molar-refractivity contribution is 4.48. The quantitative estimate of drug-likeness (QED) is 0.265. The fourth-order valence-electron chi connectivity index (χ4n) is 2.44. The molecule has 128 valence electrons. The summed E-state index contributed by atoms with van der Waals surface area (Å²) in [6, 6.07) is 0. The second-order valence-corrected chi connectivity index (χ2v) is 5.66. The summed E-state index contributed by atoms with van der Waals surface area (Å²) in [4.78, 5) is 14.8. The molecule has 0 unspecified atom stereocenters. The summed E-state index contributed by atoms with van der Waals surface area (Å²) < 4.78 is 0. The molecular weight excluding hydrogens is 266 g/mol. The molecule has 4 nitrogen and oxygen atoms in total. The number of rotatable bonds is 17. The first-order valence-corrected chi connectivity index (χ1v) is 8.86. The minimum absolute atomic E-state index is 0.652. The summed E-state index contributed by atoms with van der Waals surface area (Å²) in [6.45, 7) is 2.93. The number of hydrogen-bond acceptors (Lipinski definition) is 4. The summed E-state index contributed by atoms with van der Waals surface area (Å²) in [6.07, 6.45) is 17.7. The average Bonchev–Trinajstić information content (AvgIpc) is 2.51. The molecule has 0 N–H and O–H groups in total. The van der Waals surface area contributed by atoms with Crippen molar-refractivity contribution in [3.05, 3.63) is 0 Å². The van der Waals surface area contributed by atoms with E-state index >= 15 is 0 Å². The van der Waals surface area contributed by atoms with E-state index in [0.717, 1.165) is 11.8 Å². The van der Waals surface area contributed by atoms with E-state index in [2.05, 4.69) is 6.92 Å². The van der Waals surface area contributed by atoms with Gasteiger partial charge in [-0.2, -0.15) is 0 Å². The maximum atomic E-state index is 5.23. The lowest BCUT2D eigenvalue weighted by Gasteiger charge is -2.14. The fraction of sp³-hybridized carbons (Fsp3) is 1.00. The molecule has 0 saturated carbocycles. The summed E-state index contributed by atoms with van der Waals surface area (Å²) in [5, 5.41) is 1.04. The largest absolute Gasteiger partial charge is 0.254 e. The van der Waals surface area contributed by atoms with Gasteiger partial charge in [0.2, 0.25) is 0 Å². The molecule has 0 bridgehead atoms. The first kappa shape index (κ1) is 20.8. The van der Waals surface area contributed by atoms with Gasteiger partial charge in [0.15, 0.2) is 0 Å². The van der Waals surface area contributed by atoms with Gasteiger partial charge in [-0.25, -0.2) is 0 Å². The van der Waals surface area contributed by atoms with Gasteiger partial charge in [0, 0.05) is 0 Å². The van der Waals surface area contributed by atoms with Crippen molar-refractivity contribution in [1.82, 2.24) is 5.39 Å². The van der Waals surface area contributed by atoms with Crippen LogP contribution in [-0.4, -0.2) is 26.2 Å². The highest BCUT2D eigenvalue weighted by atomic mass is 17.2. The minimum Gasteiger partial charge on any atom is -0.254 e. The van der Waals surface area contributed by atoms with Crippen molar-refractivity contribution < 1.29 is 14.5 Å². The number of unbranched alkanes of at least 4 members (excludes halogenated alkanes) is 12. The van der Waals surface area contributed by atoms with Crippen molar-refractivity contribution in [2.45, 2.75) is 90.4 Å². The minimum atomic E-state index is 0.652. The predicted octanol–water partition coefficient (Wildman–Crippen LogP) is 5.43. The molecule has 0 atom stereocenters. The Balaban J connectivity index is 3.02. The lowest BCUT2D eigenvalue weighted by atomic mass is 10.0. The third-order valence-corrected chi connectivity index (χ3v) is 3.74. The third kappa shape index (κ3) is 16.0. The molecule has 0 fully saturated rings. The molecule has 0 spiro atoms. The molecule has 4 heteroatoms. The molecule has 21 heavy (non-hydrogen) atoms. The second kappa shape index (κ2) is 17.9. The lowest BCUT2D eigenvalue weighted by Crippen LogP contribution is -2.21. The second-order valence-electron chi connectivity index (χ2n) is 5.66. The zero-order valence-corrected chi connectivity index (χ0v) is 14.6. The molecule has 0 aromatic rings. The Morgan fingerprint density at radius 2 is 0.952 bits per heavy atom. The Labute approximate surface area is 132 Å². The number of hydrogen-bond donors (Lipinski definition) is 0. The third-order valence-electron chi connectivity index (χ3n) is 3.74. The normalized spacial score (nSPS) is 11.4. The maximum absolute atomic E-state index is 5.23. The molecule has 0 radical (unpaired) electrons. The number of nitrogens with zero attached hydrogens (tertiary/aromatic N) is 1. The first-order valence-electron chi connectivity index (χ1n) is 8.86. The van der Waals surface area contributed by atoms with Crippen molar-refractivity contribution in [3.8, 4) is 0 Å². The average molecular weight is 303 g/mol. The molecule has 0 amide bonds. The predicted molar refractivity (Wildman–Crippen MR) is 87.5 cm³/mol. The van der Waals surface area contributed by atoms with Gasteiger partial charge in [-0.15, -0.1) is 0 Å². The van der Waals surface area contributed by atoms with Crippen molar-refractivity contribution in [2.24, 2.45) is 0 Å². The van der Waals surface area contributed by atoms with E-state index in [1.54, 1.807) is 0 Å². The van der Waals surface area contributed by atoms with Crippen LogP contribution in [0, 0.1) is 0 Å². The van der Waals surface area contributed by atoms with Crippen LogP contribution >= 0.6 is 0 Å². The molecule has 0 aromatic heterocycles. The van der Waals surface area contributed by atoms with E-state index in [1.165, 1.54) is 91.3 Å². The van der Waals surface area contributed by atoms with Crippen LogP contribution in [0.3, 0.4) is 0 Å². The van der Waals surface area contributed by atoms with Gasteiger partial charge in [0.05, 0.1) is 26.2 Å². The van der Waals surface area contributed by atoms with Crippen molar-refractivity contribution >= 4 is 0 Å². The first-order chi connectivity index (χ1) is 10.3. The molecule has 0 heterocycles. The monoisotopic (exact) mass is 303 g/mol. The Morgan fingerprint density at radius 3 is 1.33 bits per heavy atom. The van der Waals surface area contributed by atoms with Gasteiger partial charge in [-0.05, 0) is 6.42 Å². The van der Waals surface area contributed by atoms with Gasteiger partial charge < -0.3 is 0 Å². The van der Waals surface area contributed by atoms with Crippen molar-refractivity contribution in [2.75, 3.05) is 20.8 Å².